The molecule has 0 atom stereocenters. The number of nitrogens with zero attached hydrogens (tertiary/aromatic N) is 2. The number of rotatable bonds is 5. The third-order valence-corrected chi connectivity index (χ3v) is 2.78. The van der Waals surface area contributed by atoms with Crippen LogP contribution in [0.15, 0.2) is 12.4 Å². The van der Waals surface area contributed by atoms with E-state index in [0.29, 0.717) is 5.25 Å². The second kappa shape index (κ2) is 5.98. The molecule has 4 heteroatoms. The van der Waals surface area contributed by atoms with Gasteiger partial charge in [0.2, 0.25) is 0 Å². The highest BCUT2D eigenvalue weighted by molar-refractivity contribution is 7.99. The number of nitrogens with one attached hydrogen (secondary N) is 1. The molecule has 0 spiro atoms. The predicted octanol–water partition coefficient (Wildman–Crippen LogP) is 1.84. The van der Waals surface area contributed by atoms with Crippen molar-refractivity contribution in [1.82, 2.24) is 15.3 Å². The maximum absolute atomic E-state index is 4.30. The van der Waals surface area contributed by atoms with Gasteiger partial charge in [-0.2, -0.15) is 11.8 Å². The Morgan fingerprint density at radius 1 is 1.36 bits per heavy atom. The van der Waals surface area contributed by atoms with Crippen LogP contribution >= 0.6 is 11.8 Å². The molecule has 0 aromatic carbocycles. The third kappa shape index (κ3) is 4.07. The molecule has 78 valence electrons. The van der Waals surface area contributed by atoms with Crippen LogP contribution in [-0.4, -0.2) is 22.3 Å². The Bertz CT molecular complexity index is 259. The first kappa shape index (κ1) is 11.5. The summed E-state index contributed by atoms with van der Waals surface area (Å²) in [5.41, 5.74) is 1.13. The second-order valence-corrected chi connectivity index (χ2v) is 4.96. The highest BCUT2D eigenvalue weighted by Gasteiger charge is 1.99. The average Bonchev–Trinajstić information content (AvgIpc) is 2.17. The van der Waals surface area contributed by atoms with Gasteiger partial charge in [-0.25, -0.2) is 9.97 Å². The first-order valence-corrected chi connectivity index (χ1v) is 5.83. The normalized spacial score (nSPS) is 10.9. The Hall–Kier alpha value is -0.610. The van der Waals surface area contributed by atoms with Gasteiger partial charge in [0.15, 0.2) is 0 Å². The van der Waals surface area contributed by atoms with Crippen LogP contribution in [0.5, 0.6) is 0 Å². The molecule has 0 aliphatic carbocycles. The van der Waals surface area contributed by atoms with Crippen LogP contribution in [0, 0.1) is 0 Å². The molecule has 0 radical (unpaired) electrons. The minimum Gasteiger partial charge on any atom is -0.316 e. The Morgan fingerprint density at radius 2 is 2.00 bits per heavy atom. The van der Waals surface area contributed by atoms with Gasteiger partial charge in [-0.05, 0) is 12.3 Å². The van der Waals surface area contributed by atoms with Gasteiger partial charge in [0, 0.05) is 24.5 Å². The van der Waals surface area contributed by atoms with Crippen molar-refractivity contribution < 1.29 is 0 Å². The van der Waals surface area contributed by atoms with E-state index < -0.39 is 0 Å². The summed E-state index contributed by atoms with van der Waals surface area (Å²) < 4.78 is 0. The zero-order valence-electron chi connectivity index (χ0n) is 8.95. The molecule has 1 aromatic rings. The Morgan fingerprint density at radius 3 is 2.50 bits per heavy atom. The second-order valence-electron chi connectivity index (χ2n) is 3.40. The van der Waals surface area contributed by atoms with Crippen LogP contribution in [0.25, 0.3) is 0 Å². The SMILES string of the molecule is CNCc1cnc(CSC(C)C)nc1. The molecule has 1 rings (SSSR count). The summed E-state index contributed by atoms with van der Waals surface area (Å²) in [6, 6.07) is 0. The van der Waals surface area contributed by atoms with Gasteiger partial charge < -0.3 is 5.32 Å². The number of hydrogen-bond donors (Lipinski definition) is 1. The van der Waals surface area contributed by atoms with E-state index in [1.807, 2.05) is 31.2 Å². The van der Waals surface area contributed by atoms with Crippen molar-refractivity contribution in [3.8, 4) is 0 Å². The first-order chi connectivity index (χ1) is 6.72. The van der Waals surface area contributed by atoms with Crippen LogP contribution < -0.4 is 5.32 Å². The molecule has 0 fully saturated rings. The van der Waals surface area contributed by atoms with Crippen LogP contribution in [0.3, 0.4) is 0 Å². The Balaban J connectivity index is 2.46. The van der Waals surface area contributed by atoms with E-state index in [1.54, 1.807) is 0 Å². The van der Waals surface area contributed by atoms with Gasteiger partial charge in [-0.1, -0.05) is 13.8 Å². The standard InChI is InChI=1S/C10H17N3S/c1-8(2)14-7-10-12-5-9(4-11-3)6-13-10/h5-6,8,11H,4,7H2,1-3H3. The van der Waals surface area contributed by atoms with Crippen LogP contribution in [0.2, 0.25) is 0 Å². The van der Waals surface area contributed by atoms with Crippen molar-refractivity contribution >= 4 is 11.8 Å². The smallest absolute Gasteiger partial charge is 0.138 e. The molecule has 0 amide bonds. The molecule has 0 bridgehead atoms. The van der Waals surface area contributed by atoms with E-state index in [1.165, 1.54) is 0 Å². The van der Waals surface area contributed by atoms with Gasteiger partial charge in [0.25, 0.3) is 0 Å². The highest BCUT2D eigenvalue weighted by atomic mass is 32.2. The molecule has 0 aliphatic rings. The summed E-state index contributed by atoms with van der Waals surface area (Å²) in [5.74, 6) is 1.82. The van der Waals surface area contributed by atoms with Gasteiger partial charge >= 0.3 is 0 Å². The van der Waals surface area contributed by atoms with Gasteiger partial charge in [-0.15, -0.1) is 0 Å². The minimum atomic E-state index is 0.635. The lowest BCUT2D eigenvalue weighted by atomic mass is 10.3. The highest BCUT2D eigenvalue weighted by Crippen LogP contribution is 2.13. The van der Waals surface area contributed by atoms with Crippen molar-refractivity contribution in [2.75, 3.05) is 7.05 Å². The Kier molecular flexibility index (Phi) is 4.90. The van der Waals surface area contributed by atoms with E-state index in [9.17, 15) is 0 Å². The largest absolute Gasteiger partial charge is 0.316 e. The zero-order valence-corrected chi connectivity index (χ0v) is 9.77. The van der Waals surface area contributed by atoms with Crippen molar-refractivity contribution in [2.45, 2.75) is 31.4 Å². The van der Waals surface area contributed by atoms with E-state index in [0.717, 1.165) is 23.7 Å². The number of aromatic nitrogens is 2. The third-order valence-electron chi connectivity index (χ3n) is 1.69. The van der Waals surface area contributed by atoms with E-state index >= 15 is 0 Å². The monoisotopic (exact) mass is 211 g/mol. The quantitative estimate of drug-likeness (QED) is 0.806. The zero-order chi connectivity index (χ0) is 10.4. The lowest BCUT2D eigenvalue weighted by molar-refractivity contribution is 0.801. The average molecular weight is 211 g/mol. The molecule has 0 saturated carbocycles. The molecule has 1 N–H and O–H groups in total. The van der Waals surface area contributed by atoms with Crippen LogP contribution in [-0.2, 0) is 12.3 Å². The molecular weight excluding hydrogens is 194 g/mol. The fraction of sp³-hybridized carbons (Fsp3) is 0.600. The number of hydrogen-bond acceptors (Lipinski definition) is 4. The summed E-state index contributed by atoms with van der Waals surface area (Å²) in [6.07, 6.45) is 3.78. The van der Waals surface area contributed by atoms with E-state index in [2.05, 4.69) is 29.1 Å². The topological polar surface area (TPSA) is 37.8 Å². The number of thioether (sulfide) groups is 1. The molecule has 3 nitrogen and oxygen atoms in total. The van der Waals surface area contributed by atoms with Gasteiger partial charge in [0.1, 0.15) is 5.82 Å². The fourth-order valence-electron chi connectivity index (χ4n) is 0.993. The molecule has 14 heavy (non-hydrogen) atoms. The molecule has 0 saturated heterocycles. The van der Waals surface area contributed by atoms with Gasteiger partial charge in [-0.3, -0.25) is 0 Å². The summed E-state index contributed by atoms with van der Waals surface area (Å²) in [4.78, 5) is 8.59. The molecule has 1 heterocycles. The summed E-state index contributed by atoms with van der Waals surface area (Å²) in [5, 5.41) is 3.70. The summed E-state index contributed by atoms with van der Waals surface area (Å²) in [6.45, 7) is 5.19. The van der Waals surface area contributed by atoms with Crippen LogP contribution in [0.4, 0.5) is 0 Å². The maximum atomic E-state index is 4.30. The lowest BCUT2D eigenvalue weighted by Crippen LogP contribution is -2.06. The molecule has 1 aromatic heterocycles. The molecule has 0 aliphatic heterocycles. The lowest BCUT2D eigenvalue weighted by Gasteiger charge is -2.04. The van der Waals surface area contributed by atoms with Gasteiger partial charge in [0.05, 0.1) is 5.75 Å². The van der Waals surface area contributed by atoms with Crippen molar-refractivity contribution in [2.24, 2.45) is 0 Å². The summed E-state index contributed by atoms with van der Waals surface area (Å²) >= 11 is 1.86. The summed E-state index contributed by atoms with van der Waals surface area (Å²) in [7, 11) is 1.92. The molecular formula is C10H17N3S. The van der Waals surface area contributed by atoms with Crippen LogP contribution in [0.1, 0.15) is 25.2 Å². The fourth-order valence-corrected chi connectivity index (χ4v) is 1.62. The predicted molar refractivity (Wildman–Crippen MR) is 61.2 cm³/mol. The van der Waals surface area contributed by atoms with Crippen molar-refractivity contribution in [3.05, 3.63) is 23.8 Å². The minimum absolute atomic E-state index is 0.635. The first-order valence-electron chi connectivity index (χ1n) is 4.78. The van der Waals surface area contributed by atoms with Crippen molar-refractivity contribution in [3.63, 3.8) is 0 Å². The van der Waals surface area contributed by atoms with E-state index in [-0.39, 0.29) is 0 Å². The van der Waals surface area contributed by atoms with Crippen molar-refractivity contribution in [1.29, 1.82) is 0 Å². The van der Waals surface area contributed by atoms with E-state index in [4.69, 9.17) is 0 Å². The molecule has 0 unspecified atom stereocenters. The Labute approximate surface area is 89.7 Å². The maximum Gasteiger partial charge on any atom is 0.138 e.